The fraction of sp³-hybridized carbons (Fsp3) is 0.333. The van der Waals surface area contributed by atoms with Gasteiger partial charge in [0.1, 0.15) is 6.04 Å². The number of nitrogens with two attached hydrogens (primary N) is 1. The maximum Gasteiger partial charge on any atom is 0.329 e. The molecule has 2 aliphatic heterocycles. The number of nitro groups is 1. The highest BCUT2D eigenvalue weighted by atomic mass is 16.6. The fourth-order valence-corrected chi connectivity index (χ4v) is 4.27. The van der Waals surface area contributed by atoms with Gasteiger partial charge in [-0.3, -0.25) is 24.5 Å². The van der Waals surface area contributed by atoms with Crippen LogP contribution in [0.4, 0.5) is 5.69 Å². The highest BCUT2D eigenvalue weighted by Gasteiger charge is 2.66. The SMILES string of the molecule is CCOC(=O)[C@]1(C#N)[C@H](c2ccc([N+](=O)[O-])cc2)[C@@H](C(N)=O)N2C=C(C(C)=O)C=C[C@@H]21. The third-order valence-corrected chi connectivity index (χ3v) is 5.62. The highest BCUT2D eigenvalue weighted by molar-refractivity contribution is 5.97. The van der Waals surface area contributed by atoms with Gasteiger partial charge in [-0.25, -0.2) is 0 Å². The van der Waals surface area contributed by atoms with Gasteiger partial charge in [0.2, 0.25) is 5.91 Å². The molecule has 1 saturated heterocycles. The number of esters is 1. The van der Waals surface area contributed by atoms with Gasteiger partial charge in [-0.2, -0.15) is 5.26 Å². The molecule has 0 radical (unpaired) electrons. The first-order valence-corrected chi connectivity index (χ1v) is 9.49. The maximum absolute atomic E-state index is 13.1. The molecule has 0 aliphatic carbocycles. The molecule has 10 heteroatoms. The second kappa shape index (κ2) is 8.02. The fourth-order valence-electron chi connectivity index (χ4n) is 4.27. The zero-order chi connectivity index (χ0) is 22.9. The lowest BCUT2D eigenvalue weighted by Gasteiger charge is -2.32. The summed E-state index contributed by atoms with van der Waals surface area (Å²) in [5.41, 5.74) is 4.25. The summed E-state index contributed by atoms with van der Waals surface area (Å²) in [4.78, 5) is 49.5. The van der Waals surface area contributed by atoms with Crippen LogP contribution in [-0.4, -0.2) is 46.2 Å². The summed E-state index contributed by atoms with van der Waals surface area (Å²) in [6, 6.07) is 5.18. The van der Waals surface area contributed by atoms with Crippen LogP contribution in [0.2, 0.25) is 0 Å². The normalized spacial score (nSPS) is 26.4. The van der Waals surface area contributed by atoms with E-state index in [4.69, 9.17) is 10.5 Å². The average Bonchev–Trinajstić information content (AvgIpc) is 3.04. The molecular formula is C21H20N4O6. The van der Waals surface area contributed by atoms with Crippen LogP contribution in [0.5, 0.6) is 0 Å². The van der Waals surface area contributed by atoms with Gasteiger partial charge in [0.05, 0.1) is 23.6 Å². The molecule has 3 rings (SSSR count). The van der Waals surface area contributed by atoms with Crippen molar-refractivity contribution in [3.05, 3.63) is 63.9 Å². The minimum Gasteiger partial charge on any atom is -0.465 e. The summed E-state index contributed by atoms with van der Waals surface area (Å²) in [6.07, 6.45) is 4.42. The van der Waals surface area contributed by atoms with Gasteiger partial charge in [0, 0.05) is 29.8 Å². The van der Waals surface area contributed by atoms with Crippen LogP contribution in [0.3, 0.4) is 0 Å². The first-order chi connectivity index (χ1) is 14.7. The molecule has 1 aromatic carbocycles. The number of nitro benzene ring substituents is 1. The molecule has 2 heterocycles. The van der Waals surface area contributed by atoms with Crippen molar-refractivity contribution >= 4 is 23.3 Å². The Balaban J connectivity index is 2.27. The molecule has 2 aliphatic rings. The molecule has 2 N–H and O–H groups in total. The number of rotatable bonds is 6. The molecular weight excluding hydrogens is 404 g/mol. The van der Waals surface area contributed by atoms with Gasteiger partial charge in [-0.15, -0.1) is 0 Å². The van der Waals surface area contributed by atoms with Gasteiger partial charge in [0.15, 0.2) is 11.2 Å². The molecule has 0 unspecified atom stereocenters. The van der Waals surface area contributed by atoms with Crippen molar-refractivity contribution in [2.45, 2.75) is 31.8 Å². The number of ketones is 1. The van der Waals surface area contributed by atoms with Crippen molar-refractivity contribution in [3.8, 4) is 6.07 Å². The number of primary amides is 1. The van der Waals surface area contributed by atoms with Gasteiger partial charge in [-0.05, 0) is 19.4 Å². The molecule has 10 nitrogen and oxygen atoms in total. The van der Waals surface area contributed by atoms with Crippen molar-refractivity contribution in [1.29, 1.82) is 5.26 Å². The van der Waals surface area contributed by atoms with Crippen LogP contribution >= 0.6 is 0 Å². The number of hydrogen-bond donors (Lipinski definition) is 1. The van der Waals surface area contributed by atoms with Crippen LogP contribution in [0, 0.1) is 26.9 Å². The smallest absolute Gasteiger partial charge is 0.329 e. The third-order valence-electron chi connectivity index (χ3n) is 5.62. The van der Waals surface area contributed by atoms with E-state index in [0.29, 0.717) is 5.56 Å². The monoisotopic (exact) mass is 424 g/mol. The number of carbonyl (C=O) groups is 3. The van der Waals surface area contributed by atoms with Crippen LogP contribution in [-0.2, 0) is 19.1 Å². The molecule has 1 fully saturated rings. The van der Waals surface area contributed by atoms with Crippen LogP contribution in [0.25, 0.3) is 0 Å². The molecule has 0 bridgehead atoms. The van der Waals surface area contributed by atoms with Gasteiger partial charge in [0.25, 0.3) is 5.69 Å². The van der Waals surface area contributed by atoms with E-state index in [1.807, 2.05) is 0 Å². The Hall–Kier alpha value is -4.00. The van der Waals surface area contributed by atoms with E-state index in [2.05, 4.69) is 6.07 Å². The Labute approximate surface area is 177 Å². The van der Waals surface area contributed by atoms with E-state index < -0.39 is 40.2 Å². The number of carbonyl (C=O) groups excluding carboxylic acids is 3. The summed E-state index contributed by atoms with van der Waals surface area (Å²) in [7, 11) is 0. The van der Waals surface area contributed by atoms with Gasteiger partial charge < -0.3 is 15.4 Å². The number of allylic oxidation sites excluding steroid dienone is 2. The van der Waals surface area contributed by atoms with E-state index in [-0.39, 0.29) is 23.7 Å². The number of non-ortho nitro benzene ring substituents is 1. The first kappa shape index (κ1) is 21.7. The Morgan fingerprint density at radius 3 is 2.45 bits per heavy atom. The molecule has 4 atom stereocenters. The predicted molar refractivity (Wildman–Crippen MR) is 107 cm³/mol. The van der Waals surface area contributed by atoms with E-state index in [1.165, 1.54) is 54.4 Å². The molecule has 0 spiro atoms. The zero-order valence-electron chi connectivity index (χ0n) is 16.8. The standard InChI is InChI=1S/C21H20N4O6/c1-3-31-20(28)21(11-22)16-9-6-14(12(2)26)10-24(16)18(19(23)27)17(21)13-4-7-15(8-5-13)25(29)30/h4-10,16-18H,3H2,1-2H3,(H2,23,27)/t16-,17-,18+,21+/m1/s1. The van der Waals surface area contributed by atoms with Gasteiger partial charge >= 0.3 is 5.97 Å². The van der Waals surface area contributed by atoms with Gasteiger partial charge in [-0.1, -0.05) is 24.3 Å². The topological polar surface area (TPSA) is 157 Å². The Bertz CT molecular complexity index is 1050. The minimum atomic E-state index is -1.87. The molecule has 0 aromatic heterocycles. The molecule has 1 amide bonds. The average molecular weight is 424 g/mol. The number of nitrogens with zero attached hydrogens (tertiary/aromatic N) is 3. The van der Waals surface area contributed by atoms with Crippen molar-refractivity contribution in [2.24, 2.45) is 11.1 Å². The minimum absolute atomic E-state index is 0.00144. The summed E-state index contributed by atoms with van der Waals surface area (Å²) >= 11 is 0. The number of nitriles is 1. The molecule has 1 aromatic rings. The van der Waals surface area contributed by atoms with Crippen molar-refractivity contribution in [2.75, 3.05) is 6.61 Å². The van der Waals surface area contributed by atoms with Crippen molar-refractivity contribution in [1.82, 2.24) is 4.90 Å². The largest absolute Gasteiger partial charge is 0.465 e. The number of ether oxygens (including phenoxy) is 1. The summed E-state index contributed by atoms with van der Waals surface area (Å²) in [5, 5.41) is 21.3. The quantitative estimate of drug-likeness (QED) is 0.407. The lowest BCUT2D eigenvalue weighted by atomic mass is 9.68. The predicted octanol–water partition coefficient (Wildman–Crippen LogP) is 1.33. The summed E-state index contributed by atoms with van der Waals surface area (Å²) in [5.74, 6) is -3.02. The second-order valence-corrected chi connectivity index (χ2v) is 7.27. The Morgan fingerprint density at radius 2 is 1.97 bits per heavy atom. The van der Waals surface area contributed by atoms with Crippen LogP contribution < -0.4 is 5.73 Å². The molecule has 160 valence electrons. The molecule has 0 saturated carbocycles. The number of Topliss-reactive ketones (excluding diaryl/α,β-unsaturated/α-hetero) is 1. The molecule has 31 heavy (non-hydrogen) atoms. The third kappa shape index (κ3) is 3.34. The lowest BCUT2D eigenvalue weighted by Crippen LogP contribution is -2.45. The Morgan fingerprint density at radius 1 is 1.32 bits per heavy atom. The number of amides is 1. The lowest BCUT2D eigenvalue weighted by molar-refractivity contribution is -0.384. The van der Waals surface area contributed by atoms with E-state index >= 15 is 0 Å². The van der Waals surface area contributed by atoms with E-state index in [0.717, 1.165) is 0 Å². The number of hydrogen-bond acceptors (Lipinski definition) is 8. The maximum atomic E-state index is 13.1. The van der Waals surface area contributed by atoms with Crippen LogP contribution in [0.15, 0.2) is 48.2 Å². The van der Waals surface area contributed by atoms with E-state index in [9.17, 15) is 29.8 Å². The Kier molecular flexibility index (Phi) is 5.62. The van der Waals surface area contributed by atoms with Crippen LogP contribution in [0.1, 0.15) is 25.3 Å². The first-order valence-electron chi connectivity index (χ1n) is 9.49. The number of benzene rings is 1. The van der Waals surface area contributed by atoms with Crippen molar-refractivity contribution < 1.29 is 24.0 Å². The second-order valence-electron chi connectivity index (χ2n) is 7.27. The number of fused-ring (bicyclic) bond motifs is 1. The zero-order valence-corrected chi connectivity index (χ0v) is 16.8. The summed E-state index contributed by atoms with van der Waals surface area (Å²) < 4.78 is 5.22. The van der Waals surface area contributed by atoms with E-state index in [1.54, 1.807) is 6.92 Å². The van der Waals surface area contributed by atoms with Crippen molar-refractivity contribution in [3.63, 3.8) is 0 Å². The summed E-state index contributed by atoms with van der Waals surface area (Å²) in [6.45, 7) is 2.94. The highest BCUT2D eigenvalue weighted by Crippen LogP contribution is 2.53.